The standard InChI is InChI=1S/C20H19ClN4O2/c1-2-3-10-26-16-6-4-14(21)11-13(16)12-15-5-7-17(27-15)18-24-19-20(25-18)23-9-8-22-19/h4-9,11H,2-3,10,12H2,1H3,(H,22,23,24,25). The average Bonchev–Trinajstić information content (AvgIpc) is 3.30. The van der Waals surface area contributed by atoms with Crippen molar-refractivity contribution >= 4 is 22.9 Å². The number of nitrogens with zero attached hydrogens (tertiary/aromatic N) is 3. The van der Waals surface area contributed by atoms with E-state index in [1.165, 1.54) is 0 Å². The van der Waals surface area contributed by atoms with Crippen molar-refractivity contribution in [1.29, 1.82) is 0 Å². The van der Waals surface area contributed by atoms with Crippen molar-refractivity contribution in [3.05, 3.63) is 59.1 Å². The fourth-order valence-corrected chi connectivity index (χ4v) is 3.00. The van der Waals surface area contributed by atoms with Gasteiger partial charge < -0.3 is 14.1 Å². The van der Waals surface area contributed by atoms with Gasteiger partial charge in [0.2, 0.25) is 0 Å². The van der Waals surface area contributed by atoms with Crippen LogP contribution in [0.25, 0.3) is 22.9 Å². The van der Waals surface area contributed by atoms with Gasteiger partial charge in [0, 0.05) is 29.4 Å². The van der Waals surface area contributed by atoms with Crippen LogP contribution in [0.1, 0.15) is 31.1 Å². The number of fused-ring (bicyclic) bond motifs is 1. The smallest absolute Gasteiger partial charge is 0.197 e. The van der Waals surface area contributed by atoms with Crippen molar-refractivity contribution in [2.45, 2.75) is 26.2 Å². The van der Waals surface area contributed by atoms with Crippen LogP contribution >= 0.6 is 11.6 Å². The Morgan fingerprint density at radius 3 is 2.89 bits per heavy atom. The first kappa shape index (κ1) is 17.5. The van der Waals surface area contributed by atoms with E-state index in [0.717, 1.165) is 29.9 Å². The summed E-state index contributed by atoms with van der Waals surface area (Å²) in [4.78, 5) is 15.9. The molecular weight excluding hydrogens is 364 g/mol. The highest BCUT2D eigenvalue weighted by Crippen LogP contribution is 2.28. The number of ether oxygens (including phenoxy) is 1. The molecule has 1 aromatic carbocycles. The van der Waals surface area contributed by atoms with Crippen molar-refractivity contribution < 1.29 is 9.15 Å². The van der Waals surface area contributed by atoms with E-state index in [2.05, 4.69) is 26.9 Å². The summed E-state index contributed by atoms with van der Waals surface area (Å²) in [5.74, 6) is 2.88. The van der Waals surface area contributed by atoms with Gasteiger partial charge in [0.25, 0.3) is 0 Å². The van der Waals surface area contributed by atoms with Crippen LogP contribution in [0.2, 0.25) is 5.02 Å². The molecule has 6 nitrogen and oxygen atoms in total. The maximum absolute atomic E-state index is 6.18. The van der Waals surface area contributed by atoms with E-state index in [1.807, 2.05) is 30.3 Å². The molecule has 0 aliphatic heterocycles. The first-order valence-corrected chi connectivity index (χ1v) is 9.28. The summed E-state index contributed by atoms with van der Waals surface area (Å²) in [6.07, 6.45) is 5.92. The van der Waals surface area contributed by atoms with E-state index in [4.69, 9.17) is 20.8 Å². The third-order valence-corrected chi connectivity index (χ3v) is 4.41. The second kappa shape index (κ2) is 7.80. The molecule has 0 bridgehead atoms. The van der Waals surface area contributed by atoms with Gasteiger partial charge in [-0.2, -0.15) is 0 Å². The molecule has 1 N–H and O–H groups in total. The Labute approximate surface area is 161 Å². The maximum atomic E-state index is 6.18. The Morgan fingerprint density at radius 2 is 2.04 bits per heavy atom. The molecule has 0 radical (unpaired) electrons. The topological polar surface area (TPSA) is 76.8 Å². The monoisotopic (exact) mass is 382 g/mol. The second-order valence-corrected chi connectivity index (χ2v) is 6.65. The minimum Gasteiger partial charge on any atom is -0.493 e. The maximum Gasteiger partial charge on any atom is 0.197 e. The SMILES string of the molecule is CCCCOc1ccc(Cl)cc1Cc1ccc(-c2nc3nccnc3[nH]2)o1. The van der Waals surface area contributed by atoms with Crippen molar-refractivity contribution in [3.8, 4) is 17.3 Å². The predicted molar refractivity (Wildman–Crippen MR) is 104 cm³/mol. The molecule has 4 rings (SSSR count). The number of imidazole rings is 1. The van der Waals surface area contributed by atoms with E-state index in [-0.39, 0.29) is 0 Å². The molecule has 0 saturated carbocycles. The molecule has 0 spiro atoms. The van der Waals surface area contributed by atoms with Crippen molar-refractivity contribution in [1.82, 2.24) is 19.9 Å². The second-order valence-electron chi connectivity index (χ2n) is 6.21. The molecule has 0 atom stereocenters. The zero-order valence-corrected chi connectivity index (χ0v) is 15.7. The van der Waals surface area contributed by atoms with Crippen LogP contribution in [0.15, 0.2) is 47.1 Å². The lowest BCUT2D eigenvalue weighted by Gasteiger charge is -2.11. The van der Waals surface area contributed by atoms with Crippen LogP contribution in [0.4, 0.5) is 0 Å². The highest BCUT2D eigenvalue weighted by Gasteiger charge is 2.13. The van der Waals surface area contributed by atoms with E-state index < -0.39 is 0 Å². The number of H-pyrrole nitrogens is 1. The zero-order chi connectivity index (χ0) is 18.6. The molecule has 27 heavy (non-hydrogen) atoms. The molecule has 0 amide bonds. The van der Waals surface area contributed by atoms with Crippen LogP contribution in [-0.4, -0.2) is 26.5 Å². The summed E-state index contributed by atoms with van der Waals surface area (Å²) < 4.78 is 11.9. The number of hydrogen-bond donors (Lipinski definition) is 1. The van der Waals surface area contributed by atoms with Gasteiger partial charge in [0.1, 0.15) is 11.5 Å². The largest absolute Gasteiger partial charge is 0.493 e. The molecule has 3 aromatic heterocycles. The van der Waals surface area contributed by atoms with Gasteiger partial charge in [-0.1, -0.05) is 24.9 Å². The Morgan fingerprint density at radius 1 is 1.15 bits per heavy atom. The van der Waals surface area contributed by atoms with E-state index >= 15 is 0 Å². The summed E-state index contributed by atoms with van der Waals surface area (Å²) in [5.41, 5.74) is 2.19. The number of aromatic amines is 1. The first-order valence-electron chi connectivity index (χ1n) is 8.90. The van der Waals surface area contributed by atoms with Crippen molar-refractivity contribution in [2.75, 3.05) is 6.61 Å². The number of unbranched alkanes of at least 4 members (excludes halogenated alkanes) is 1. The van der Waals surface area contributed by atoms with Crippen LogP contribution in [0, 0.1) is 0 Å². The number of nitrogens with one attached hydrogen (secondary N) is 1. The normalized spacial score (nSPS) is 11.2. The molecule has 0 aliphatic rings. The Hall–Kier alpha value is -2.86. The van der Waals surface area contributed by atoms with Crippen molar-refractivity contribution in [2.24, 2.45) is 0 Å². The quantitative estimate of drug-likeness (QED) is 0.453. The minimum absolute atomic E-state index is 0.562. The number of rotatable bonds is 7. The van der Waals surface area contributed by atoms with Gasteiger partial charge in [-0.25, -0.2) is 15.0 Å². The molecular formula is C20H19ClN4O2. The number of halogens is 1. The number of benzene rings is 1. The van der Waals surface area contributed by atoms with Crippen LogP contribution < -0.4 is 4.74 Å². The summed E-state index contributed by atoms with van der Waals surface area (Å²) in [5, 5.41) is 0.675. The van der Waals surface area contributed by atoms with Gasteiger partial charge in [-0.15, -0.1) is 0 Å². The number of hydrogen-bond acceptors (Lipinski definition) is 5. The van der Waals surface area contributed by atoms with Gasteiger partial charge in [-0.05, 0) is 36.8 Å². The Bertz CT molecular complexity index is 1020. The molecule has 138 valence electrons. The highest BCUT2D eigenvalue weighted by atomic mass is 35.5. The van der Waals surface area contributed by atoms with Gasteiger partial charge in [0.15, 0.2) is 22.9 Å². The molecule has 3 heterocycles. The van der Waals surface area contributed by atoms with E-state index in [9.17, 15) is 0 Å². The molecule has 0 saturated heterocycles. The van der Waals surface area contributed by atoms with E-state index in [1.54, 1.807) is 12.4 Å². The molecule has 7 heteroatoms. The predicted octanol–water partition coefficient (Wildman–Crippen LogP) is 5.04. The summed E-state index contributed by atoms with van der Waals surface area (Å²) in [6.45, 7) is 2.83. The fourth-order valence-electron chi connectivity index (χ4n) is 2.80. The van der Waals surface area contributed by atoms with Crippen molar-refractivity contribution in [3.63, 3.8) is 0 Å². The highest BCUT2D eigenvalue weighted by molar-refractivity contribution is 6.30. The summed E-state index contributed by atoms with van der Waals surface area (Å²) in [7, 11) is 0. The Kier molecular flexibility index (Phi) is 5.07. The lowest BCUT2D eigenvalue weighted by atomic mass is 10.1. The number of furan rings is 1. The lowest BCUT2D eigenvalue weighted by molar-refractivity contribution is 0.306. The molecule has 4 aromatic rings. The van der Waals surface area contributed by atoms with Gasteiger partial charge >= 0.3 is 0 Å². The third kappa shape index (κ3) is 3.95. The third-order valence-electron chi connectivity index (χ3n) is 4.17. The summed E-state index contributed by atoms with van der Waals surface area (Å²) in [6, 6.07) is 9.48. The molecule has 0 fully saturated rings. The fraction of sp³-hybridized carbons (Fsp3) is 0.250. The number of aromatic nitrogens is 4. The first-order chi connectivity index (χ1) is 13.2. The Balaban J connectivity index is 1.56. The van der Waals surface area contributed by atoms with Crippen LogP contribution in [-0.2, 0) is 6.42 Å². The molecule has 0 aliphatic carbocycles. The average molecular weight is 383 g/mol. The zero-order valence-electron chi connectivity index (χ0n) is 14.9. The van der Waals surface area contributed by atoms with Gasteiger partial charge in [0.05, 0.1) is 6.61 Å². The molecule has 0 unspecified atom stereocenters. The lowest BCUT2D eigenvalue weighted by Crippen LogP contribution is -2.00. The van der Waals surface area contributed by atoms with Crippen LogP contribution in [0.3, 0.4) is 0 Å². The van der Waals surface area contributed by atoms with E-state index in [0.29, 0.717) is 40.9 Å². The van der Waals surface area contributed by atoms with Gasteiger partial charge in [-0.3, -0.25) is 0 Å². The minimum atomic E-state index is 0.562. The van der Waals surface area contributed by atoms with Crippen LogP contribution in [0.5, 0.6) is 5.75 Å². The summed E-state index contributed by atoms with van der Waals surface area (Å²) >= 11 is 6.18.